The maximum Gasteiger partial charge on any atom is 0.188 e. The van der Waals surface area contributed by atoms with Crippen molar-refractivity contribution >= 4 is 47.0 Å². The van der Waals surface area contributed by atoms with Gasteiger partial charge in [0.15, 0.2) is 10.3 Å². The first-order valence-corrected chi connectivity index (χ1v) is 18.0. The maximum atomic E-state index is 5.20. The van der Waals surface area contributed by atoms with E-state index in [0.717, 1.165) is 54.8 Å². The van der Waals surface area contributed by atoms with Gasteiger partial charge in [0.05, 0.1) is 11.4 Å². The van der Waals surface area contributed by atoms with Gasteiger partial charge >= 0.3 is 0 Å². The van der Waals surface area contributed by atoms with Crippen molar-refractivity contribution in [3.8, 4) is 0 Å². The molecule has 0 radical (unpaired) electrons. The van der Waals surface area contributed by atoms with Crippen LogP contribution < -0.4 is 0 Å². The highest BCUT2D eigenvalue weighted by Crippen LogP contribution is 2.66. The highest BCUT2D eigenvalue weighted by Gasteiger charge is 2.54. The van der Waals surface area contributed by atoms with E-state index in [9.17, 15) is 0 Å². The smallest absolute Gasteiger partial charge is 0.188 e. The van der Waals surface area contributed by atoms with Gasteiger partial charge in [0.2, 0.25) is 0 Å². The normalized spacial score (nSPS) is 20.3. The fourth-order valence-electron chi connectivity index (χ4n) is 5.68. The lowest BCUT2D eigenvalue weighted by atomic mass is 9.50. The Morgan fingerprint density at radius 3 is 1.20 bits per heavy atom. The third-order valence-electron chi connectivity index (χ3n) is 7.13. The maximum absolute atomic E-state index is 5.20. The minimum absolute atomic E-state index is 0.213. The summed E-state index contributed by atoms with van der Waals surface area (Å²) in [5.41, 5.74) is 4.96. The van der Waals surface area contributed by atoms with Crippen LogP contribution in [0.5, 0.6) is 0 Å². The highest BCUT2D eigenvalue weighted by atomic mass is 32.2. The number of benzene rings is 2. The molecule has 2 heterocycles. The van der Waals surface area contributed by atoms with Crippen molar-refractivity contribution < 1.29 is 0 Å². The van der Waals surface area contributed by atoms with Crippen LogP contribution in [0.2, 0.25) is 0 Å². The predicted molar refractivity (Wildman–Crippen MR) is 174 cm³/mol. The Morgan fingerprint density at radius 2 is 0.850 bits per heavy atom. The zero-order valence-electron chi connectivity index (χ0n) is 23.5. The molecule has 2 aromatic carbocycles. The minimum Gasteiger partial charge on any atom is -0.227 e. The number of hydrogen-bond acceptors (Lipinski definition) is 8. The van der Waals surface area contributed by atoms with Crippen LogP contribution in [0.3, 0.4) is 0 Å². The van der Waals surface area contributed by atoms with Crippen LogP contribution in [-0.2, 0) is 0 Å². The zero-order valence-corrected chi connectivity index (χ0v) is 26.8. The second kappa shape index (κ2) is 14.3. The second-order valence-corrected chi connectivity index (χ2v) is 14.5. The van der Waals surface area contributed by atoms with Crippen LogP contribution in [0.15, 0.2) is 93.2 Å². The first-order chi connectivity index (χ1) is 19.7. The lowest BCUT2D eigenvalue weighted by Crippen LogP contribution is -2.41. The van der Waals surface area contributed by atoms with Gasteiger partial charge in [-0.25, -0.2) is 19.9 Å². The van der Waals surface area contributed by atoms with Crippen LogP contribution >= 0.6 is 47.0 Å². The lowest BCUT2D eigenvalue weighted by Gasteiger charge is -2.52. The molecule has 40 heavy (non-hydrogen) atoms. The zero-order chi connectivity index (χ0) is 27.9. The molecule has 8 heteroatoms. The van der Waals surface area contributed by atoms with Gasteiger partial charge in [-0.2, -0.15) is 0 Å². The van der Waals surface area contributed by atoms with Gasteiger partial charge in [-0.3, -0.25) is 0 Å². The molecule has 4 aromatic rings. The van der Waals surface area contributed by atoms with Crippen molar-refractivity contribution in [1.29, 1.82) is 0 Å². The first-order valence-electron chi connectivity index (χ1n) is 14.1. The van der Waals surface area contributed by atoms with Gasteiger partial charge in [-0.15, -0.1) is 23.5 Å². The molecule has 1 saturated carbocycles. The highest BCUT2D eigenvalue weighted by molar-refractivity contribution is 8.00. The molecule has 4 nitrogen and oxygen atoms in total. The molecule has 1 fully saturated rings. The fourth-order valence-corrected chi connectivity index (χ4v) is 8.28. The molecule has 5 rings (SSSR count). The monoisotopic (exact) mass is 604 g/mol. The van der Waals surface area contributed by atoms with E-state index >= 15 is 0 Å². The van der Waals surface area contributed by atoms with E-state index in [1.807, 2.05) is 0 Å². The molecular weight excluding hydrogens is 569 g/mol. The van der Waals surface area contributed by atoms with Gasteiger partial charge < -0.3 is 0 Å². The molecule has 0 spiro atoms. The molecule has 208 valence electrons. The Bertz CT molecular complexity index is 1220. The molecular formula is C32H36N4S4. The van der Waals surface area contributed by atoms with Gasteiger partial charge in [-0.05, 0) is 46.3 Å². The summed E-state index contributed by atoms with van der Waals surface area (Å²) < 4.78 is 0. The standard InChI is InChI=1S/C32H36N4S4/c1-5-37-25-19-23(33-31(35-25)39-7-3)29-27(21-15-11-9-12-16-21)30(28(29)22-17-13-10-14-18-22)24-20-26(38-6-2)36-32(34-24)40-8-4/h9-20,27-30H,5-8H2,1-4H3/t27-,28?,29-,30-/m1/s1. The van der Waals surface area contributed by atoms with Gasteiger partial charge in [0.1, 0.15) is 10.1 Å². The van der Waals surface area contributed by atoms with Gasteiger partial charge in [-0.1, -0.05) is 112 Å². The van der Waals surface area contributed by atoms with E-state index in [1.165, 1.54) is 11.1 Å². The fraction of sp³-hybridized carbons (Fsp3) is 0.375. The Hall–Kier alpha value is -2.00. The summed E-state index contributed by atoms with van der Waals surface area (Å²) in [5, 5.41) is 3.89. The molecule has 0 saturated heterocycles. The van der Waals surface area contributed by atoms with Crippen molar-refractivity contribution in [2.75, 3.05) is 23.0 Å². The Kier molecular flexibility index (Phi) is 10.5. The summed E-state index contributed by atoms with van der Waals surface area (Å²) in [6.07, 6.45) is 0. The van der Waals surface area contributed by atoms with Crippen molar-refractivity contribution in [3.05, 3.63) is 95.3 Å². The van der Waals surface area contributed by atoms with Crippen LogP contribution in [-0.4, -0.2) is 42.9 Å². The third kappa shape index (κ3) is 6.56. The average Bonchev–Trinajstić information content (AvgIpc) is 2.94. The van der Waals surface area contributed by atoms with E-state index in [2.05, 4.69) is 100 Å². The van der Waals surface area contributed by atoms with Crippen LogP contribution in [0.25, 0.3) is 0 Å². The number of hydrogen-bond donors (Lipinski definition) is 0. The Morgan fingerprint density at radius 1 is 0.475 bits per heavy atom. The Balaban J connectivity index is 1.70. The summed E-state index contributed by atoms with van der Waals surface area (Å²) in [6.45, 7) is 8.70. The Labute approximate surface area is 255 Å². The van der Waals surface area contributed by atoms with Crippen molar-refractivity contribution in [3.63, 3.8) is 0 Å². The van der Waals surface area contributed by atoms with Gasteiger partial charge in [0, 0.05) is 23.7 Å². The van der Waals surface area contributed by atoms with E-state index < -0.39 is 0 Å². The molecule has 0 N–H and O–H groups in total. The average molecular weight is 605 g/mol. The summed E-state index contributed by atoms with van der Waals surface area (Å²) in [6, 6.07) is 26.5. The number of aromatic nitrogens is 4. The van der Waals surface area contributed by atoms with E-state index in [1.54, 1.807) is 47.0 Å². The summed E-state index contributed by atoms with van der Waals surface area (Å²) in [7, 11) is 0. The van der Waals surface area contributed by atoms with Crippen LogP contribution in [0.1, 0.15) is 73.9 Å². The summed E-state index contributed by atoms with van der Waals surface area (Å²) >= 11 is 7.05. The van der Waals surface area contributed by atoms with Crippen LogP contribution in [0, 0.1) is 0 Å². The lowest BCUT2D eigenvalue weighted by molar-refractivity contribution is 0.217. The number of rotatable bonds is 12. The molecule has 0 atom stereocenters. The summed E-state index contributed by atoms with van der Waals surface area (Å²) in [5.74, 6) is 4.79. The number of nitrogens with zero attached hydrogens (tertiary/aromatic N) is 4. The van der Waals surface area contributed by atoms with Crippen molar-refractivity contribution in [2.45, 2.75) is 71.7 Å². The molecule has 0 amide bonds. The SMILES string of the molecule is CCSc1cc([C@H]2C(c3ccccc3)[C@H](c3cc(SCC)nc(SCC)n3)[C@H]2c2ccccc2)nc(SCC)n1. The quantitative estimate of drug-likeness (QED) is 0.0901. The van der Waals surface area contributed by atoms with Gasteiger partial charge in [0.25, 0.3) is 0 Å². The molecule has 0 aliphatic heterocycles. The van der Waals surface area contributed by atoms with Crippen molar-refractivity contribution in [1.82, 2.24) is 19.9 Å². The van der Waals surface area contributed by atoms with E-state index in [4.69, 9.17) is 19.9 Å². The molecule has 0 bridgehead atoms. The largest absolute Gasteiger partial charge is 0.227 e. The summed E-state index contributed by atoms with van der Waals surface area (Å²) in [4.78, 5) is 20.2. The molecule has 1 aliphatic carbocycles. The molecule has 1 aliphatic rings. The molecule has 0 unspecified atom stereocenters. The predicted octanol–water partition coefficient (Wildman–Crippen LogP) is 9.16. The van der Waals surface area contributed by atoms with Crippen molar-refractivity contribution in [2.24, 2.45) is 0 Å². The topological polar surface area (TPSA) is 51.6 Å². The van der Waals surface area contributed by atoms with E-state index in [0.29, 0.717) is 0 Å². The molecule has 2 aromatic heterocycles. The van der Waals surface area contributed by atoms with E-state index in [-0.39, 0.29) is 23.7 Å². The minimum atomic E-state index is 0.213. The third-order valence-corrected chi connectivity index (χ3v) is 10.2. The second-order valence-electron chi connectivity index (χ2n) is 9.48. The van der Waals surface area contributed by atoms with Crippen LogP contribution in [0.4, 0.5) is 0 Å². The first kappa shape index (κ1) is 29.5. The number of thioether (sulfide) groups is 4.